The van der Waals surface area contributed by atoms with E-state index in [1.807, 2.05) is 0 Å². The van der Waals surface area contributed by atoms with Crippen molar-refractivity contribution in [2.45, 2.75) is 6.18 Å². The first kappa shape index (κ1) is 9.43. The molecule has 0 bridgehead atoms. The summed E-state index contributed by atoms with van der Waals surface area (Å²) in [6.07, 6.45) is -4.11. The second-order valence-electron chi connectivity index (χ2n) is 2.19. The molecule has 1 aromatic rings. The summed E-state index contributed by atoms with van der Waals surface area (Å²) in [6, 6.07) is 0.395. The molecule has 13 heavy (non-hydrogen) atoms. The number of H-pyrrole nitrogens is 1. The minimum absolute atomic E-state index is 0.395. The molecule has 0 aliphatic carbocycles. The van der Waals surface area contributed by atoms with Gasteiger partial charge in [0.1, 0.15) is 0 Å². The summed E-state index contributed by atoms with van der Waals surface area (Å²) >= 11 is 0. The number of aromatic amines is 1. The third-order valence-corrected chi connectivity index (χ3v) is 1.31. The van der Waals surface area contributed by atoms with Crippen LogP contribution >= 0.6 is 0 Å². The number of hydrogen-bond donors (Lipinski definition) is 1. The number of pyridine rings is 1. The maximum Gasteiger partial charge on any atom is 0.417 e. The number of nitroso groups, excluding NO2 is 1. The predicted octanol–water partition coefficient (Wildman–Crippen LogP) is 1.79. The van der Waals surface area contributed by atoms with Crippen molar-refractivity contribution in [3.05, 3.63) is 33.1 Å². The van der Waals surface area contributed by atoms with Crippen LogP contribution in [0.2, 0.25) is 0 Å². The van der Waals surface area contributed by atoms with Gasteiger partial charge in [0.05, 0.1) is 5.56 Å². The Morgan fingerprint density at radius 3 is 2.46 bits per heavy atom. The molecule has 0 fully saturated rings. The van der Waals surface area contributed by atoms with Crippen LogP contribution in [0.3, 0.4) is 0 Å². The number of nitrogens with zero attached hydrogens (tertiary/aromatic N) is 1. The Morgan fingerprint density at radius 2 is 2.00 bits per heavy atom. The Kier molecular flexibility index (Phi) is 2.18. The maximum absolute atomic E-state index is 12.0. The Hall–Kier alpha value is -1.66. The van der Waals surface area contributed by atoms with Gasteiger partial charge in [0.2, 0.25) is 0 Å². The molecule has 0 spiro atoms. The fourth-order valence-electron chi connectivity index (χ4n) is 0.703. The van der Waals surface area contributed by atoms with Crippen LogP contribution in [0.1, 0.15) is 5.56 Å². The molecule has 0 radical (unpaired) electrons. The van der Waals surface area contributed by atoms with Gasteiger partial charge < -0.3 is 4.98 Å². The summed E-state index contributed by atoms with van der Waals surface area (Å²) in [5.74, 6) is 0. The van der Waals surface area contributed by atoms with Crippen LogP contribution in [-0.2, 0) is 6.18 Å². The average Bonchev–Trinajstić information content (AvgIpc) is 2.03. The molecule has 1 heterocycles. The molecule has 0 saturated carbocycles. The van der Waals surface area contributed by atoms with E-state index in [9.17, 15) is 22.9 Å². The molecule has 1 N–H and O–H groups in total. The second-order valence-corrected chi connectivity index (χ2v) is 2.19. The van der Waals surface area contributed by atoms with Gasteiger partial charge >= 0.3 is 6.18 Å². The summed E-state index contributed by atoms with van der Waals surface area (Å²) in [7, 11) is 0. The topological polar surface area (TPSA) is 62.3 Å². The standard InChI is InChI=1S/C6H3F3N2O2/c7-6(8,9)3-1-4(11-13)5(12)10-2-3/h1-2H,(H,10,12). The van der Waals surface area contributed by atoms with Crippen molar-refractivity contribution in [3.63, 3.8) is 0 Å². The van der Waals surface area contributed by atoms with Crippen LogP contribution in [0.15, 0.2) is 22.2 Å². The third-order valence-electron chi connectivity index (χ3n) is 1.31. The largest absolute Gasteiger partial charge is 0.417 e. The molecular weight excluding hydrogens is 189 g/mol. The molecule has 4 nitrogen and oxygen atoms in total. The van der Waals surface area contributed by atoms with Gasteiger partial charge in [-0.3, -0.25) is 4.79 Å². The lowest BCUT2D eigenvalue weighted by atomic mass is 10.2. The zero-order valence-electron chi connectivity index (χ0n) is 6.05. The van der Waals surface area contributed by atoms with Crippen molar-refractivity contribution in [1.29, 1.82) is 0 Å². The molecule has 0 aromatic carbocycles. The van der Waals surface area contributed by atoms with E-state index in [2.05, 4.69) is 5.18 Å². The minimum Gasteiger partial charge on any atom is -0.327 e. The number of nitrogens with one attached hydrogen (secondary N) is 1. The molecule has 0 aliphatic rings. The van der Waals surface area contributed by atoms with Crippen LogP contribution in [0, 0.1) is 4.91 Å². The van der Waals surface area contributed by atoms with Gasteiger partial charge in [0.25, 0.3) is 5.56 Å². The van der Waals surface area contributed by atoms with E-state index in [1.165, 1.54) is 0 Å². The van der Waals surface area contributed by atoms with Gasteiger partial charge in [0, 0.05) is 6.20 Å². The lowest BCUT2D eigenvalue weighted by molar-refractivity contribution is -0.137. The molecule has 0 saturated heterocycles. The highest BCUT2D eigenvalue weighted by molar-refractivity contribution is 5.37. The highest BCUT2D eigenvalue weighted by Gasteiger charge is 2.31. The van der Waals surface area contributed by atoms with Crippen molar-refractivity contribution in [2.24, 2.45) is 5.18 Å². The van der Waals surface area contributed by atoms with E-state index >= 15 is 0 Å². The maximum atomic E-state index is 12.0. The van der Waals surface area contributed by atoms with Gasteiger partial charge in [-0.25, -0.2) is 0 Å². The Morgan fingerprint density at radius 1 is 1.38 bits per heavy atom. The normalized spacial score (nSPS) is 11.3. The first-order chi connectivity index (χ1) is 5.95. The molecule has 7 heteroatoms. The van der Waals surface area contributed by atoms with Gasteiger partial charge in [-0.1, -0.05) is 0 Å². The van der Waals surface area contributed by atoms with E-state index < -0.39 is 23.0 Å². The van der Waals surface area contributed by atoms with E-state index in [4.69, 9.17) is 0 Å². The molecule has 0 amide bonds. The summed E-state index contributed by atoms with van der Waals surface area (Å²) in [6.45, 7) is 0. The van der Waals surface area contributed by atoms with Crippen LogP contribution in [0.5, 0.6) is 0 Å². The SMILES string of the molecule is O=Nc1cc(C(F)(F)F)c[nH]c1=O. The molecule has 0 unspecified atom stereocenters. The molecule has 0 aliphatic heterocycles. The highest BCUT2D eigenvalue weighted by atomic mass is 19.4. The molecule has 1 rings (SSSR count). The first-order valence-electron chi connectivity index (χ1n) is 3.08. The van der Waals surface area contributed by atoms with E-state index in [-0.39, 0.29) is 0 Å². The summed E-state index contributed by atoms with van der Waals surface area (Å²) in [5, 5.41) is 2.15. The smallest absolute Gasteiger partial charge is 0.327 e. The van der Waals surface area contributed by atoms with Crippen molar-refractivity contribution >= 4 is 5.69 Å². The third kappa shape index (κ3) is 1.92. The average molecular weight is 192 g/mol. The molecule has 1 aromatic heterocycles. The number of aromatic nitrogens is 1. The van der Waals surface area contributed by atoms with Crippen LogP contribution in [0.4, 0.5) is 18.9 Å². The number of rotatable bonds is 1. The quantitative estimate of drug-likeness (QED) is 0.689. The predicted molar refractivity (Wildman–Crippen MR) is 37.5 cm³/mol. The number of halogens is 3. The minimum atomic E-state index is -4.59. The van der Waals surface area contributed by atoms with Crippen molar-refractivity contribution in [3.8, 4) is 0 Å². The summed E-state index contributed by atoms with van der Waals surface area (Å²) in [4.78, 5) is 22.2. The Balaban J connectivity index is 3.30. The first-order valence-corrected chi connectivity index (χ1v) is 3.08. The van der Waals surface area contributed by atoms with Crippen molar-refractivity contribution in [2.75, 3.05) is 0 Å². The van der Waals surface area contributed by atoms with Crippen molar-refractivity contribution < 1.29 is 13.2 Å². The van der Waals surface area contributed by atoms with E-state index in [0.29, 0.717) is 12.3 Å². The van der Waals surface area contributed by atoms with Crippen LogP contribution < -0.4 is 5.56 Å². The monoisotopic (exact) mass is 192 g/mol. The molecule has 70 valence electrons. The van der Waals surface area contributed by atoms with Crippen LogP contribution in [0.25, 0.3) is 0 Å². The summed E-state index contributed by atoms with van der Waals surface area (Å²) < 4.78 is 35.9. The Labute approximate surface area is 69.4 Å². The molecular formula is C6H3F3N2O2. The second kappa shape index (κ2) is 3.00. The highest BCUT2D eigenvalue weighted by Crippen LogP contribution is 2.29. The zero-order valence-corrected chi connectivity index (χ0v) is 6.05. The van der Waals surface area contributed by atoms with Crippen molar-refractivity contribution in [1.82, 2.24) is 4.98 Å². The van der Waals surface area contributed by atoms with Gasteiger partial charge in [0.15, 0.2) is 5.69 Å². The van der Waals surface area contributed by atoms with Gasteiger partial charge in [-0.2, -0.15) is 13.2 Å². The zero-order chi connectivity index (χ0) is 10.1. The number of alkyl halides is 3. The van der Waals surface area contributed by atoms with Crippen LogP contribution in [-0.4, -0.2) is 4.98 Å². The molecule has 0 atom stereocenters. The Bertz CT molecular complexity index is 382. The number of hydrogen-bond acceptors (Lipinski definition) is 3. The lowest BCUT2D eigenvalue weighted by Gasteiger charge is -2.04. The summed E-state index contributed by atoms with van der Waals surface area (Å²) in [5.41, 5.74) is -2.83. The van der Waals surface area contributed by atoms with E-state index in [0.717, 1.165) is 0 Å². The fraction of sp³-hybridized carbons (Fsp3) is 0.167. The van der Waals surface area contributed by atoms with Gasteiger partial charge in [-0.15, -0.1) is 4.91 Å². The lowest BCUT2D eigenvalue weighted by Crippen LogP contribution is -2.11. The van der Waals surface area contributed by atoms with E-state index in [1.54, 1.807) is 4.98 Å². The fourth-order valence-corrected chi connectivity index (χ4v) is 0.703. The van der Waals surface area contributed by atoms with Gasteiger partial charge in [-0.05, 0) is 11.2 Å².